The Kier molecular flexibility index (Phi) is 37.2. The predicted octanol–water partition coefficient (Wildman–Crippen LogP) is 13.1. The van der Waals surface area contributed by atoms with Gasteiger partial charge in [-0.15, -0.1) is 0 Å². The van der Waals surface area contributed by atoms with Crippen molar-refractivity contribution in [3.63, 3.8) is 0 Å². The minimum Gasteiger partial charge on any atom is -0.462 e. The zero-order valence-electron chi connectivity index (χ0n) is 33.3. The quantitative estimate of drug-likeness (QED) is 0.0287. The molecule has 8 nitrogen and oxygen atoms in total. The first kappa shape index (κ1) is 49.5. The number of ether oxygens (including phenoxy) is 2. The molecule has 0 saturated heterocycles. The van der Waals surface area contributed by atoms with Gasteiger partial charge in [-0.2, -0.15) is 0 Å². The van der Waals surface area contributed by atoms with Gasteiger partial charge in [-0.3, -0.25) is 18.6 Å². The van der Waals surface area contributed by atoms with Gasteiger partial charge in [-0.05, 0) is 44.9 Å². The van der Waals surface area contributed by atoms with Crippen LogP contribution in [-0.4, -0.2) is 43.3 Å². The lowest BCUT2D eigenvalue weighted by molar-refractivity contribution is -0.161. The van der Waals surface area contributed by atoms with E-state index in [2.05, 4.69) is 42.7 Å². The summed E-state index contributed by atoms with van der Waals surface area (Å²) in [5.74, 6) is -0.812. The number of hydrogen-bond acceptors (Lipinski definition) is 7. The molecule has 0 aromatic carbocycles. The summed E-state index contributed by atoms with van der Waals surface area (Å²) in [5.41, 5.74) is 0. The fraction of sp³-hybridized carbons (Fsp3) is 0.857. The van der Waals surface area contributed by atoms with Gasteiger partial charge in [0.15, 0.2) is 6.10 Å². The number of carbonyl (C=O) groups excluding carboxylic acids is 2. The standard InChI is InChI=1S/C42H79O8P/c1-4-6-8-10-12-14-16-18-20-22-24-26-28-30-32-34-36-41(43)48-38-40(39-49-51(45,46)47-3)50-42(44)37-35-33-31-29-27-25-23-21-19-17-15-13-11-9-7-5-2/h15,17,21,23,40H,4-14,16,18-20,22,24-39H2,1-3H3,(H,45,46)/b17-15-,23-21-. The fourth-order valence-corrected chi connectivity index (χ4v) is 6.38. The second-order valence-corrected chi connectivity index (χ2v) is 15.7. The number of unbranched alkanes of at least 4 members (excludes halogenated alkanes) is 24. The Morgan fingerprint density at radius 3 is 1.39 bits per heavy atom. The Morgan fingerprint density at radius 1 is 0.549 bits per heavy atom. The highest BCUT2D eigenvalue weighted by Gasteiger charge is 2.24. The minimum absolute atomic E-state index is 0.227. The molecule has 0 amide bonds. The number of allylic oxidation sites excluding steroid dienone is 4. The molecule has 0 aliphatic carbocycles. The van der Waals surface area contributed by atoms with Crippen LogP contribution in [0.4, 0.5) is 0 Å². The summed E-state index contributed by atoms with van der Waals surface area (Å²) < 4.78 is 32.0. The van der Waals surface area contributed by atoms with Gasteiger partial charge in [0.1, 0.15) is 6.61 Å². The van der Waals surface area contributed by atoms with Gasteiger partial charge < -0.3 is 14.4 Å². The molecule has 0 saturated carbocycles. The molecule has 0 radical (unpaired) electrons. The van der Waals surface area contributed by atoms with E-state index in [-0.39, 0.29) is 19.0 Å². The fourth-order valence-electron chi connectivity index (χ4n) is 5.92. The molecule has 0 aromatic heterocycles. The molecule has 2 atom stereocenters. The molecule has 0 spiro atoms. The summed E-state index contributed by atoms with van der Waals surface area (Å²) in [5, 5.41) is 0. The van der Waals surface area contributed by atoms with E-state index in [9.17, 15) is 19.0 Å². The van der Waals surface area contributed by atoms with Crippen molar-refractivity contribution in [3.8, 4) is 0 Å². The first-order valence-corrected chi connectivity index (χ1v) is 22.5. The van der Waals surface area contributed by atoms with Crippen molar-refractivity contribution in [1.29, 1.82) is 0 Å². The van der Waals surface area contributed by atoms with Crippen LogP contribution in [0.25, 0.3) is 0 Å². The van der Waals surface area contributed by atoms with Gasteiger partial charge in [0, 0.05) is 20.0 Å². The average molecular weight is 743 g/mol. The summed E-state index contributed by atoms with van der Waals surface area (Å²) in [6, 6.07) is 0. The summed E-state index contributed by atoms with van der Waals surface area (Å²) in [7, 11) is -3.20. The molecule has 2 unspecified atom stereocenters. The molecule has 0 aliphatic heterocycles. The highest BCUT2D eigenvalue weighted by Crippen LogP contribution is 2.42. The lowest BCUT2D eigenvalue weighted by Crippen LogP contribution is -2.29. The average Bonchev–Trinajstić information content (AvgIpc) is 3.12. The van der Waals surface area contributed by atoms with Crippen molar-refractivity contribution in [1.82, 2.24) is 0 Å². The monoisotopic (exact) mass is 743 g/mol. The Balaban J connectivity index is 4.01. The summed E-state index contributed by atoms with van der Waals surface area (Å²) in [6.45, 7) is 3.87. The lowest BCUT2D eigenvalue weighted by atomic mass is 10.0. The lowest BCUT2D eigenvalue weighted by Gasteiger charge is -2.19. The molecule has 0 rings (SSSR count). The number of phosphoric acid groups is 1. The molecule has 0 aromatic rings. The van der Waals surface area contributed by atoms with Crippen LogP contribution in [0.2, 0.25) is 0 Å². The van der Waals surface area contributed by atoms with Crippen LogP contribution in [0, 0.1) is 0 Å². The zero-order chi connectivity index (χ0) is 37.5. The Bertz CT molecular complexity index is 890. The van der Waals surface area contributed by atoms with Crippen molar-refractivity contribution in [2.24, 2.45) is 0 Å². The normalized spacial score (nSPS) is 13.6. The van der Waals surface area contributed by atoms with Gasteiger partial charge in [0.25, 0.3) is 0 Å². The van der Waals surface area contributed by atoms with Crippen molar-refractivity contribution in [2.75, 3.05) is 20.3 Å². The minimum atomic E-state index is -4.26. The maximum Gasteiger partial charge on any atom is 0.472 e. The third kappa shape index (κ3) is 38.1. The molecule has 51 heavy (non-hydrogen) atoms. The van der Waals surface area contributed by atoms with Crippen LogP contribution < -0.4 is 0 Å². The van der Waals surface area contributed by atoms with E-state index >= 15 is 0 Å². The Labute approximate surface area is 313 Å². The van der Waals surface area contributed by atoms with E-state index < -0.39 is 26.5 Å². The van der Waals surface area contributed by atoms with Crippen LogP contribution in [0.3, 0.4) is 0 Å². The summed E-state index contributed by atoms with van der Waals surface area (Å²) >= 11 is 0. The van der Waals surface area contributed by atoms with Crippen molar-refractivity contribution >= 4 is 19.8 Å². The summed E-state index contributed by atoms with van der Waals surface area (Å²) in [4.78, 5) is 34.4. The maximum absolute atomic E-state index is 12.5. The third-order valence-corrected chi connectivity index (χ3v) is 10.1. The van der Waals surface area contributed by atoms with Gasteiger partial charge in [0.05, 0.1) is 6.61 Å². The molecule has 0 heterocycles. The van der Waals surface area contributed by atoms with Crippen molar-refractivity contribution in [3.05, 3.63) is 24.3 Å². The molecular weight excluding hydrogens is 663 g/mol. The molecule has 300 valence electrons. The second-order valence-electron chi connectivity index (χ2n) is 14.1. The van der Waals surface area contributed by atoms with Crippen LogP contribution in [0.1, 0.15) is 206 Å². The summed E-state index contributed by atoms with van der Waals surface area (Å²) in [6.07, 6.45) is 42.2. The van der Waals surface area contributed by atoms with Crippen LogP contribution in [0.5, 0.6) is 0 Å². The highest BCUT2D eigenvalue weighted by molar-refractivity contribution is 7.47. The predicted molar refractivity (Wildman–Crippen MR) is 212 cm³/mol. The van der Waals surface area contributed by atoms with E-state index in [1.807, 2.05) is 0 Å². The van der Waals surface area contributed by atoms with Gasteiger partial charge in [-0.25, -0.2) is 4.57 Å². The molecule has 0 aliphatic rings. The smallest absolute Gasteiger partial charge is 0.462 e. The molecule has 9 heteroatoms. The van der Waals surface area contributed by atoms with Gasteiger partial charge >= 0.3 is 19.8 Å². The molecular formula is C42H79O8P. The topological polar surface area (TPSA) is 108 Å². The van der Waals surface area contributed by atoms with Crippen molar-refractivity contribution < 1.29 is 37.6 Å². The molecule has 0 bridgehead atoms. The van der Waals surface area contributed by atoms with E-state index in [0.29, 0.717) is 12.8 Å². The first-order valence-electron chi connectivity index (χ1n) is 21.0. The van der Waals surface area contributed by atoms with E-state index in [4.69, 9.17) is 14.0 Å². The maximum atomic E-state index is 12.5. The highest BCUT2D eigenvalue weighted by atomic mass is 31.2. The number of phosphoric ester groups is 1. The van der Waals surface area contributed by atoms with E-state index in [1.165, 1.54) is 116 Å². The number of rotatable bonds is 39. The first-order chi connectivity index (χ1) is 24.8. The number of esters is 2. The molecule has 1 N–H and O–H groups in total. The largest absolute Gasteiger partial charge is 0.472 e. The Morgan fingerprint density at radius 2 is 0.941 bits per heavy atom. The van der Waals surface area contributed by atoms with Crippen LogP contribution in [-0.2, 0) is 32.7 Å². The van der Waals surface area contributed by atoms with E-state index in [0.717, 1.165) is 64.9 Å². The SMILES string of the molecule is CCCCCC/C=C\C/C=C\CCCCCCCC(=O)OC(COC(=O)CCCCCCCCCCCCCCCCCC)COP(=O)(O)OC. The number of carbonyl (C=O) groups is 2. The third-order valence-electron chi connectivity index (χ3n) is 9.20. The number of hydrogen-bond donors (Lipinski definition) is 1. The second kappa shape index (κ2) is 38.3. The van der Waals surface area contributed by atoms with Gasteiger partial charge in [0.2, 0.25) is 0 Å². The molecule has 0 fully saturated rings. The van der Waals surface area contributed by atoms with Crippen LogP contribution in [0.15, 0.2) is 24.3 Å². The van der Waals surface area contributed by atoms with E-state index in [1.54, 1.807) is 0 Å². The van der Waals surface area contributed by atoms with Gasteiger partial charge in [-0.1, -0.05) is 173 Å². The zero-order valence-corrected chi connectivity index (χ0v) is 34.2. The Hall–Kier alpha value is -1.47. The van der Waals surface area contributed by atoms with Crippen LogP contribution >= 0.6 is 7.82 Å². The van der Waals surface area contributed by atoms with Crippen molar-refractivity contribution in [2.45, 2.75) is 213 Å².